The average molecular weight is 868 g/mol. The summed E-state index contributed by atoms with van der Waals surface area (Å²) in [5.74, 6) is -5.51. The summed E-state index contributed by atoms with van der Waals surface area (Å²) in [4.78, 5) is 61.0. The van der Waals surface area contributed by atoms with E-state index in [0.29, 0.717) is 44.6 Å². The number of carbonyl (C=O) groups is 4. The zero-order valence-electron chi connectivity index (χ0n) is 34.6. The number of phenolic OH excluding ortho intramolecular Hbond substituents is 1. The number of anilines is 2. The second-order valence-electron chi connectivity index (χ2n) is 16.0. The first-order valence-corrected chi connectivity index (χ1v) is 21.1. The Morgan fingerprint density at radius 1 is 0.841 bits per heavy atom. The van der Waals surface area contributed by atoms with E-state index in [1.165, 1.54) is 29.2 Å². The molecule has 2 aliphatic heterocycles. The number of rotatable bonds is 11. The molecule has 0 radical (unpaired) electrons. The number of carbonyl (C=O) groups excluding carboxylic acids is 4. The predicted octanol–water partition coefficient (Wildman–Crippen LogP) is 8.96. The molecule has 63 heavy (non-hydrogen) atoms. The van der Waals surface area contributed by atoms with Crippen molar-refractivity contribution in [3.63, 3.8) is 0 Å². The number of hydrogen-bond acceptors (Lipinski definition) is 9. The fraction of sp³-hybridized carbons (Fsp3) is 0.240. The molecule has 2 heterocycles. The third kappa shape index (κ3) is 6.80. The quantitative estimate of drug-likeness (QED) is 0.0758. The normalized spacial score (nSPS) is 24.0. The van der Waals surface area contributed by atoms with Gasteiger partial charge in [-0.25, -0.2) is 4.39 Å². The van der Waals surface area contributed by atoms with Gasteiger partial charge < -0.3 is 19.3 Å². The van der Waals surface area contributed by atoms with Gasteiger partial charge in [0.2, 0.25) is 11.8 Å². The van der Waals surface area contributed by atoms with Gasteiger partial charge in [-0.2, -0.15) is 5.01 Å². The van der Waals surface area contributed by atoms with Crippen molar-refractivity contribution in [1.29, 1.82) is 0 Å². The van der Waals surface area contributed by atoms with Crippen LogP contribution in [0.15, 0.2) is 121 Å². The Balaban J connectivity index is 1.13. The molecule has 2 aliphatic carbocycles. The molecule has 6 atom stereocenters. The Morgan fingerprint density at radius 2 is 1.59 bits per heavy atom. The summed E-state index contributed by atoms with van der Waals surface area (Å²) >= 11 is 6.42. The van der Waals surface area contributed by atoms with Crippen LogP contribution in [0.25, 0.3) is 12.2 Å². The van der Waals surface area contributed by atoms with Crippen LogP contribution >= 0.6 is 11.6 Å². The number of hydrazine groups is 1. The highest BCUT2D eigenvalue weighted by Gasteiger charge is 2.70. The van der Waals surface area contributed by atoms with Crippen LogP contribution in [0.3, 0.4) is 0 Å². The lowest BCUT2D eigenvalue weighted by molar-refractivity contribution is -0.138. The van der Waals surface area contributed by atoms with Crippen molar-refractivity contribution >= 4 is 58.8 Å². The van der Waals surface area contributed by atoms with Gasteiger partial charge in [0.05, 0.1) is 55.4 Å². The van der Waals surface area contributed by atoms with Gasteiger partial charge in [0.15, 0.2) is 11.5 Å². The van der Waals surface area contributed by atoms with Crippen LogP contribution < -0.4 is 24.5 Å². The van der Waals surface area contributed by atoms with E-state index in [1.807, 2.05) is 48.6 Å². The second-order valence-corrected chi connectivity index (χ2v) is 16.5. The molecule has 0 aromatic heterocycles. The van der Waals surface area contributed by atoms with E-state index >= 15 is 4.79 Å². The minimum atomic E-state index is -1.67. The first-order valence-electron chi connectivity index (χ1n) is 20.7. The number of nitrogens with zero attached hydrogens (tertiary/aromatic N) is 2. The Morgan fingerprint density at radius 3 is 2.29 bits per heavy atom. The van der Waals surface area contributed by atoms with Crippen LogP contribution in [0.1, 0.15) is 47.9 Å². The van der Waals surface area contributed by atoms with Crippen LogP contribution in [0.4, 0.5) is 15.8 Å². The molecule has 0 spiro atoms. The monoisotopic (exact) mass is 867 g/mol. The Labute approximate surface area is 368 Å². The number of methoxy groups -OCH3 is 2. The van der Waals surface area contributed by atoms with E-state index in [-0.39, 0.29) is 36.9 Å². The standard InChI is InChI=1S/C50H43ClFN3O8/c1-4-63-42-7-5-6-38(45(42)56)44-36-23-24-37-43(48(59)54(46(37)57)34-20-9-28(10-21-34)8-11-29-26-35(61-2)22-25-41(29)62-3)39(36)27-40-47(58)55(53-33-18-16-32(52)17-19-33)49(60)50(40,44)30-12-14-31(51)15-13-30/h5-23,25-26,37,39-40,43-44,53,56H,4,24,27H2,1-3H3. The topological polar surface area (TPSA) is 135 Å². The summed E-state index contributed by atoms with van der Waals surface area (Å²) in [6.07, 6.45) is 5.92. The van der Waals surface area contributed by atoms with Crippen molar-refractivity contribution in [3.05, 3.63) is 154 Å². The minimum Gasteiger partial charge on any atom is -0.504 e. The van der Waals surface area contributed by atoms with E-state index in [2.05, 4.69) is 5.43 Å². The van der Waals surface area contributed by atoms with Gasteiger partial charge in [-0.15, -0.1) is 0 Å². The van der Waals surface area contributed by atoms with Crippen molar-refractivity contribution in [1.82, 2.24) is 5.01 Å². The number of benzene rings is 5. The summed E-state index contributed by atoms with van der Waals surface area (Å²) in [6.45, 7) is 2.03. The molecular formula is C50H43ClFN3O8. The molecule has 9 rings (SSSR count). The first-order chi connectivity index (χ1) is 30.5. The van der Waals surface area contributed by atoms with Crippen molar-refractivity contribution in [3.8, 4) is 23.0 Å². The maximum atomic E-state index is 15.5. The van der Waals surface area contributed by atoms with Crippen LogP contribution in [-0.2, 0) is 24.6 Å². The number of fused-ring (bicyclic) bond motifs is 4. The Hall–Kier alpha value is -6.92. The van der Waals surface area contributed by atoms with Crippen molar-refractivity contribution in [2.24, 2.45) is 23.7 Å². The molecule has 320 valence electrons. The molecule has 2 saturated heterocycles. The van der Waals surface area contributed by atoms with Crippen LogP contribution in [-0.4, -0.2) is 54.6 Å². The highest BCUT2D eigenvalue weighted by atomic mass is 35.5. The maximum Gasteiger partial charge on any atom is 0.260 e. The molecule has 11 nitrogen and oxygen atoms in total. The number of amides is 4. The maximum absolute atomic E-state index is 15.5. The first kappa shape index (κ1) is 41.4. The molecule has 3 fully saturated rings. The average Bonchev–Trinajstić information content (AvgIpc) is 3.68. The summed E-state index contributed by atoms with van der Waals surface area (Å²) < 4.78 is 30.7. The Kier molecular flexibility index (Phi) is 10.8. The molecule has 5 aromatic rings. The summed E-state index contributed by atoms with van der Waals surface area (Å²) in [5.41, 5.74) is 5.05. The number of nitrogens with one attached hydrogen (secondary N) is 1. The third-order valence-electron chi connectivity index (χ3n) is 12.9. The van der Waals surface area contributed by atoms with Crippen LogP contribution in [0.5, 0.6) is 23.0 Å². The highest BCUT2D eigenvalue weighted by molar-refractivity contribution is 6.30. The number of para-hydroxylation sites is 1. The van der Waals surface area contributed by atoms with Gasteiger partial charge in [0.25, 0.3) is 11.8 Å². The third-order valence-corrected chi connectivity index (χ3v) is 13.2. The number of ether oxygens (including phenoxy) is 3. The van der Waals surface area contributed by atoms with E-state index in [0.717, 1.165) is 16.1 Å². The smallest absolute Gasteiger partial charge is 0.260 e. The van der Waals surface area contributed by atoms with Gasteiger partial charge >= 0.3 is 0 Å². The van der Waals surface area contributed by atoms with Crippen molar-refractivity contribution in [2.45, 2.75) is 31.1 Å². The zero-order valence-corrected chi connectivity index (χ0v) is 35.3. The molecule has 4 aliphatic rings. The number of halogens is 2. The summed E-state index contributed by atoms with van der Waals surface area (Å²) in [5, 5.41) is 13.4. The van der Waals surface area contributed by atoms with Crippen LogP contribution in [0.2, 0.25) is 5.02 Å². The SMILES string of the molecule is CCOc1cccc(C2C3=CCC4C(=O)N(c5ccc(C=Cc6cc(OC)ccc6OC)cc5)C(=O)C4C3CC3C(=O)N(Nc4ccc(F)cc4)C(=O)C32c2ccc(Cl)cc2)c1O. The molecule has 4 amide bonds. The second kappa shape index (κ2) is 16.4. The molecule has 2 N–H and O–H groups in total. The number of imide groups is 2. The molecule has 6 unspecified atom stereocenters. The molecule has 13 heteroatoms. The van der Waals surface area contributed by atoms with Gasteiger partial charge in [-0.3, -0.25) is 29.5 Å². The zero-order chi connectivity index (χ0) is 44.2. The van der Waals surface area contributed by atoms with Gasteiger partial charge in [-0.05, 0) is 110 Å². The Bertz CT molecular complexity index is 2700. The lowest BCUT2D eigenvalue weighted by atomic mass is 9.49. The number of aromatic hydroxyl groups is 1. The number of hydrogen-bond donors (Lipinski definition) is 2. The summed E-state index contributed by atoms with van der Waals surface area (Å²) in [6, 6.07) is 29.6. The largest absolute Gasteiger partial charge is 0.504 e. The van der Waals surface area contributed by atoms with E-state index in [4.69, 9.17) is 25.8 Å². The molecule has 5 aromatic carbocycles. The van der Waals surface area contributed by atoms with E-state index in [1.54, 1.807) is 75.7 Å². The lowest BCUT2D eigenvalue weighted by Gasteiger charge is -2.50. The van der Waals surface area contributed by atoms with Gasteiger partial charge in [0, 0.05) is 22.1 Å². The highest BCUT2D eigenvalue weighted by Crippen LogP contribution is 2.65. The predicted molar refractivity (Wildman–Crippen MR) is 236 cm³/mol. The van der Waals surface area contributed by atoms with Gasteiger partial charge in [0.1, 0.15) is 17.3 Å². The van der Waals surface area contributed by atoms with Gasteiger partial charge in [-0.1, -0.05) is 71.8 Å². The molecule has 0 bridgehead atoms. The number of allylic oxidation sites excluding steroid dienone is 2. The van der Waals surface area contributed by atoms with E-state index in [9.17, 15) is 23.9 Å². The van der Waals surface area contributed by atoms with Crippen molar-refractivity contribution < 1.29 is 42.9 Å². The lowest BCUT2D eigenvalue weighted by Crippen LogP contribution is -2.53. The fourth-order valence-electron chi connectivity index (χ4n) is 10.2. The van der Waals surface area contributed by atoms with Crippen molar-refractivity contribution in [2.75, 3.05) is 31.2 Å². The van der Waals surface area contributed by atoms with E-state index < -0.39 is 58.5 Å². The molecular weight excluding hydrogens is 825 g/mol. The summed E-state index contributed by atoms with van der Waals surface area (Å²) in [7, 11) is 3.18. The van der Waals surface area contributed by atoms with Crippen LogP contribution in [0, 0.1) is 29.5 Å². The fourth-order valence-corrected chi connectivity index (χ4v) is 10.3. The minimum absolute atomic E-state index is 0.0362. The molecule has 1 saturated carbocycles. The number of phenols is 1.